The first-order valence-electron chi connectivity index (χ1n) is 5.39. The molecule has 0 bridgehead atoms. The Balaban J connectivity index is 1.99. The van der Waals surface area contributed by atoms with E-state index >= 15 is 0 Å². The minimum atomic E-state index is 0.567. The van der Waals surface area contributed by atoms with E-state index in [1.807, 2.05) is 30.8 Å². The molecule has 2 atom stereocenters. The molecule has 0 aromatic carbocycles. The Morgan fingerprint density at radius 3 is 2.87 bits per heavy atom. The third-order valence-electron chi connectivity index (χ3n) is 2.89. The molecule has 82 valence electrons. The van der Waals surface area contributed by atoms with Crippen LogP contribution in [0.4, 0.5) is 5.82 Å². The number of rotatable bonds is 3. The third kappa shape index (κ3) is 2.62. The van der Waals surface area contributed by atoms with Crippen LogP contribution < -0.4 is 5.32 Å². The molecule has 1 heterocycles. The first-order chi connectivity index (χ1) is 7.29. The van der Waals surface area contributed by atoms with Crippen LogP contribution in [0.1, 0.15) is 25.0 Å². The van der Waals surface area contributed by atoms with Crippen LogP contribution in [0.3, 0.4) is 0 Å². The predicted molar refractivity (Wildman–Crippen MR) is 65.3 cm³/mol. The zero-order valence-electron chi connectivity index (χ0n) is 9.23. The van der Waals surface area contributed by atoms with Crippen molar-refractivity contribution < 1.29 is 0 Å². The zero-order valence-corrected chi connectivity index (χ0v) is 10.0. The predicted octanol–water partition coefficient (Wildman–Crippen LogP) is 2.48. The number of hydrogen-bond donors (Lipinski definition) is 1. The summed E-state index contributed by atoms with van der Waals surface area (Å²) in [5, 5.41) is 12.4. The maximum absolute atomic E-state index is 4.14. The highest BCUT2D eigenvalue weighted by atomic mass is 32.2. The molecule has 1 aromatic heterocycles. The monoisotopic (exact) mass is 223 g/mol. The number of nitrogens with one attached hydrogen (secondary N) is 1. The Hall–Kier alpha value is -0.770. The summed E-state index contributed by atoms with van der Waals surface area (Å²) in [6.45, 7) is 1.96. The molecule has 2 unspecified atom stereocenters. The van der Waals surface area contributed by atoms with Crippen LogP contribution in [-0.2, 0) is 0 Å². The van der Waals surface area contributed by atoms with E-state index in [9.17, 15) is 0 Å². The molecule has 0 aliphatic heterocycles. The lowest BCUT2D eigenvalue weighted by Crippen LogP contribution is -2.26. The van der Waals surface area contributed by atoms with Crippen LogP contribution >= 0.6 is 11.8 Å². The molecule has 4 heteroatoms. The van der Waals surface area contributed by atoms with E-state index in [1.165, 1.54) is 19.3 Å². The molecular formula is C11H17N3S. The van der Waals surface area contributed by atoms with Gasteiger partial charge in [-0.2, -0.15) is 16.9 Å². The van der Waals surface area contributed by atoms with Crippen molar-refractivity contribution in [3.8, 4) is 0 Å². The van der Waals surface area contributed by atoms with Crippen LogP contribution in [0.15, 0.2) is 12.1 Å². The van der Waals surface area contributed by atoms with Gasteiger partial charge in [-0.15, -0.1) is 5.10 Å². The fourth-order valence-corrected chi connectivity index (χ4v) is 2.97. The minimum absolute atomic E-state index is 0.567. The maximum atomic E-state index is 4.14. The second kappa shape index (κ2) is 4.84. The largest absolute Gasteiger partial charge is 0.365 e. The topological polar surface area (TPSA) is 37.8 Å². The molecule has 1 aliphatic carbocycles. The van der Waals surface area contributed by atoms with Gasteiger partial charge in [0.15, 0.2) is 0 Å². The van der Waals surface area contributed by atoms with Crippen molar-refractivity contribution in [2.45, 2.75) is 37.5 Å². The fraction of sp³-hybridized carbons (Fsp3) is 0.636. The van der Waals surface area contributed by atoms with Gasteiger partial charge in [-0.25, -0.2) is 0 Å². The molecule has 0 amide bonds. The summed E-state index contributed by atoms with van der Waals surface area (Å²) < 4.78 is 0. The highest BCUT2D eigenvalue weighted by molar-refractivity contribution is 7.99. The van der Waals surface area contributed by atoms with E-state index < -0.39 is 0 Å². The Kier molecular flexibility index (Phi) is 3.46. The SMILES string of the molecule is CSC1CCCC1Nc1ccc(C)nn1. The molecule has 0 saturated heterocycles. The number of aryl methyl sites for hydroxylation is 1. The first-order valence-corrected chi connectivity index (χ1v) is 6.68. The van der Waals surface area contributed by atoms with E-state index in [1.54, 1.807) is 0 Å². The van der Waals surface area contributed by atoms with Gasteiger partial charge in [-0.05, 0) is 38.2 Å². The summed E-state index contributed by atoms with van der Waals surface area (Å²) in [5.41, 5.74) is 0.966. The fourth-order valence-electron chi connectivity index (χ4n) is 2.04. The number of hydrogen-bond acceptors (Lipinski definition) is 4. The van der Waals surface area contributed by atoms with Crippen molar-refractivity contribution in [2.75, 3.05) is 11.6 Å². The Labute approximate surface area is 95.1 Å². The summed E-state index contributed by atoms with van der Waals surface area (Å²) in [6.07, 6.45) is 6.08. The quantitative estimate of drug-likeness (QED) is 0.854. The summed E-state index contributed by atoms with van der Waals surface area (Å²) in [7, 11) is 0. The smallest absolute Gasteiger partial charge is 0.148 e. The number of thioether (sulfide) groups is 1. The van der Waals surface area contributed by atoms with E-state index in [2.05, 4.69) is 21.8 Å². The number of aromatic nitrogens is 2. The molecule has 1 saturated carbocycles. The van der Waals surface area contributed by atoms with Gasteiger partial charge in [0.25, 0.3) is 0 Å². The lowest BCUT2D eigenvalue weighted by molar-refractivity contribution is 0.757. The van der Waals surface area contributed by atoms with Gasteiger partial charge in [0.05, 0.1) is 5.69 Å². The van der Waals surface area contributed by atoms with Crippen molar-refractivity contribution >= 4 is 17.6 Å². The van der Waals surface area contributed by atoms with Gasteiger partial charge in [0.1, 0.15) is 5.82 Å². The molecule has 0 spiro atoms. The number of anilines is 1. The van der Waals surface area contributed by atoms with Crippen molar-refractivity contribution in [1.29, 1.82) is 0 Å². The molecule has 1 N–H and O–H groups in total. The maximum Gasteiger partial charge on any atom is 0.148 e. The van der Waals surface area contributed by atoms with Gasteiger partial charge < -0.3 is 5.32 Å². The van der Waals surface area contributed by atoms with Crippen LogP contribution in [0.2, 0.25) is 0 Å². The van der Waals surface area contributed by atoms with Crippen LogP contribution in [-0.4, -0.2) is 27.7 Å². The molecule has 1 fully saturated rings. The van der Waals surface area contributed by atoms with Gasteiger partial charge in [0, 0.05) is 11.3 Å². The minimum Gasteiger partial charge on any atom is -0.365 e. The Bertz CT molecular complexity index is 312. The van der Waals surface area contributed by atoms with Crippen molar-refractivity contribution in [2.24, 2.45) is 0 Å². The van der Waals surface area contributed by atoms with E-state index in [0.29, 0.717) is 6.04 Å². The lowest BCUT2D eigenvalue weighted by atomic mass is 10.2. The van der Waals surface area contributed by atoms with Crippen LogP contribution in [0.25, 0.3) is 0 Å². The summed E-state index contributed by atoms with van der Waals surface area (Å²) >= 11 is 1.95. The Morgan fingerprint density at radius 2 is 2.20 bits per heavy atom. The highest BCUT2D eigenvalue weighted by Crippen LogP contribution is 2.30. The van der Waals surface area contributed by atoms with E-state index in [-0.39, 0.29) is 0 Å². The molecule has 1 aromatic rings. The van der Waals surface area contributed by atoms with Gasteiger partial charge >= 0.3 is 0 Å². The summed E-state index contributed by atoms with van der Waals surface area (Å²) in [4.78, 5) is 0. The standard InChI is InChI=1S/C11H17N3S/c1-8-6-7-11(14-13-8)12-9-4-3-5-10(9)15-2/h6-7,9-10H,3-5H2,1-2H3,(H,12,14). The summed E-state index contributed by atoms with van der Waals surface area (Å²) in [5.74, 6) is 0.909. The second-order valence-corrected chi connectivity index (χ2v) is 5.09. The second-order valence-electron chi connectivity index (χ2n) is 4.02. The first kappa shape index (κ1) is 10.7. The molecule has 2 rings (SSSR count). The molecule has 0 radical (unpaired) electrons. The van der Waals surface area contributed by atoms with Crippen molar-refractivity contribution in [3.63, 3.8) is 0 Å². The third-order valence-corrected chi connectivity index (χ3v) is 4.06. The van der Waals surface area contributed by atoms with Crippen molar-refractivity contribution in [1.82, 2.24) is 10.2 Å². The highest BCUT2D eigenvalue weighted by Gasteiger charge is 2.26. The normalized spacial score (nSPS) is 25.5. The van der Waals surface area contributed by atoms with Gasteiger partial charge in [0.2, 0.25) is 0 Å². The molecule has 3 nitrogen and oxygen atoms in total. The van der Waals surface area contributed by atoms with Gasteiger partial charge in [-0.1, -0.05) is 6.42 Å². The molecule has 15 heavy (non-hydrogen) atoms. The molecular weight excluding hydrogens is 206 g/mol. The number of nitrogens with zero attached hydrogens (tertiary/aromatic N) is 2. The van der Waals surface area contributed by atoms with Gasteiger partial charge in [-0.3, -0.25) is 0 Å². The summed E-state index contributed by atoms with van der Waals surface area (Å²) in [6, 6.07) is 4.58. The van der Waals surface area contributed by atoms with E-state index in [0.717, 1.165) is 16.8 Å². The average molecular weight is 223 g/mol. The zero-order chi connectivity index (χ0) is 10.7. The molecule has 1 aliphatic rings. The van der Waals surface area contributed by atoms with Crippen LogP contribution in [0.5, 0.6) is 0 Å². The van der Waals surface area contributed by atoms with Crippen LogP contribution in [0, 0.1) is 6.92 Å². The Morgan fingerprint density at radius 1 is 1.33 bits per heavy atom. The van der Waals surface area contributed by atoms with Crippen molar-refractivity contribution in [3.05, 3.63) is 17.8 Å². The lowest BCUT2D eigenvalue weighted by Gasteiger charge is -2.19. The van der Waals surface area contributed by atoms with E-state index in [4.69, 9.17) is 0 Å². The average Bonchev–Trinajstić information content (AvgIpc) is 2.69.